The van der Waals surface area contributed by atoms with E-state index in [9.17, 15) is 9.59 Å². The van der Waals surface area contributed by atoms with Gasteiger partial charge >= 0.3 is 5.97 Å². The molecule has 92 valence electrons. The van der Waals surface area contributed by atoms with Gasteiger partial charge in [0.1, 0.15) is 0 Å². The number of nitrogens with one attached hydrogen (secondary N) is 1. The molecule has 0 aromatic heterocycles. The van der Waals surface area contributed by atoms with Crippen LogP contribution in [-0.2, 0) is 14.3 Å². The molecule has 0 radical (unpaired) electrons. The molecule has 0 saturated heterocycles. The zero-order chi connectivity index (χ0) is 12.0. The highest BCUT2D eigenvalue weighted by atomic mass is 16.5. The van der Waals surface area contributed by atoms with Crippen molar-refractivity contribution >= 4 is 11.9 Å². The predicted octanol–water partition coefficient (Wildman–Crippen LogP) is 0.925. The molecule has 0 bridgehead atoms. The van der Waals surface area contributed by atoms with Crippen LogP contribution in [0.25, 0.3) is 0 Å². The van der Waals surface area contributed by atoms with Crippen LogP contribution >= 0.6 is 0 Å². The zero-order valence-corrected chi connectivity index (χ0v) is 9.57. The van der Waals surface area contributed by atoms with Crippen molar-refractivity contribution in [3.8, 4) is 0 Å². The second-order valence-corrected chi connectivity index (χ2v) is 4.18. The van der Waals surface area contributed by atoms with Gasteiger partial charge in [0, 0.05) is 6.92 Å². The molecule has 0 unspecified atom stereocenters. The summed E-state index contributed by atoms with van der Waals surface area (Å²) < 4.78 is 5.51. The Hall–Kier alpha value is -1.10. The van der Waals surface area contributed by atoms with Crippen LogP contribution in [0.1, 0.15) is 39.0 Å². The van der Waals surface area contributed by atoms with Gasteiger partial charge in [0.2, 0.25) is 5.91 Å². The zero-order valence-electron chi connectivity index (χ0n) is 9.57. The quantitative estimate of drug-likeness (QED) is 0.735. The highest BCUT2D eigenvalue weighted by Gasteiger charge is 2.21. The summed E-state index contributed by atoms with van der Waals surface area (Å²) in [5.74, 6) is -1.40. The molecule has 1 atom stereocenters. The van der Waals surface area contributed by atoms with E-state index >= 15 is 0 Å². The Morgan fingerprint density at radius 1 is 1.38 bits per heavy atom. The van der Waals surface area contributed by atoms with Crippen molar-refractivity contribution in [2.24, 2.45) is 0 Å². The Kier molecular flexibility index (Phi) is 5.25. The van der Waals surface area contributed by atoms with Crippen molar-refractivity contribution in [3.05, 3.63) is 0 Å². The van der Waals surface area contributed by atoms with Gasteiger partial charge in [-0.3, -0.25) is 4.79 Å². The Balaban J connectivity index is 2.30. The summed E-state index contributed by atoms with van der Waals surface area (Å²) in [4.78, 5) is 21.6. The lowest BCUT2D eigenvalue weighted by Crippen LogP contribution is -2.43. The summed E-state index contributed by atoms with van der Waals surface area (Å²) in [5.41, 5.74) is 0. The molecule has 1 fully saturated rings. The van der Waals surface area contributed by atoms with Crippen LogP contribution in [-0.4, -0.2) is 35.7 Å². The normalized spacial score (nSPS) is 19.1. The summed E-state index contributed by atoms with van der Waals surface area (Å²) in [6, 6.07) is -0.931. The smallest absolute Gasteiger partial charge is 0.328 e. The molecule has 0 aromatic carbocycles. The van der Waals surface area contributed by atoms with Gasteiger partial charge in [-0.1, -0.05) is 19.3 Å². The molecule has 1 rings (SSSR count). The summed E-state index contributed by atoms with van der Waals surface area (Å²) >= 11 is 0. The molecule has 0 spiro atoms. The van der Waals surface area contributed by atoms with Gasteiger partial charge in [0.05, 0.1) is 12.7 Å². The molecule has 5 heteroatoms. The van der Waals surface area contributed by atoms with Crippen molar-refractivity contribution in [3.63, 3.8) is 0 Å². The molecule has 16 heavy (non-hydrogen) atoms. The monoisotopic (exact) mass is 229 g/mol. The van der Waals surface area contributed by atoms with Crippen LogP contribution in [0.3, 0.4) is 0 Å². The third-order valence-electron chi connectivity index (χ3n) is 2.73. The fraction of sp³-hybridized carbons (Fsp3) is 0.818. The minimum Gasteiger partial charge on any atom is -0.480 e. The molecular formula is C11H19NO4. The van der Waals surface area contributed by atoms with Crippen molar-refractivity contribution in [2.45, 2.75) is 51.2 Å². The van der Waals surface area contributed by atoms with Crippen LogP contribution in [0.4, 0.5) is 0 Å². The number of carbonyl (C=O) groups is 2. The van der Waals surface area contributed by atoms with Gasteiger partial charge in [-0.05, 0) is 12.8 Å². The first-order valence-electron chi connectivity index (χ1n) is 5.71. The fourth-order valence-electron chi connectivity index (χ4n) is 1.88. The van der Waals surface area contributed by atoms with E-state index in [0.29, 0.717) is 0 Å². The number of hydrogen-bond donors (Lipinski definition) is 2. The average molecular weight is 229 g/mol. The molecule has 1 saturated carbocycles. The highest BCUT2D eigenvalue weighted by Crippen LogP contribution is 2.20. The molecular weight excluding hydrogens is 210 g/mol. The molecule has 0 aliphatic heterocycles. The number of carbonyl (C=O) groups excluding carboxylic acids is 1. The number of carboxylic acid groups (broad SMARTS) is 1. The van der Waals surface area contributed by atoms with E-state index in [1.54, 1.807) is 0 Å². The number of ether oxygens (including phenoxy) is 1. The van der Waals surface area contributed by atoms with Crippen molar-refractivity contribution in [1.82, 2.24) is 5.32 Å². The first-order chi connectivity index (χ1) is 7.59. The molecule has 1 aliphatic rings. The summed E-state index contributed by atoms with van der Waals surface area (Å²) in [5, 5.41) is 11.2. The van der Waals surface area contributed by atoms with Gasteiger partial charge in [0.15, 0.2) is 6.04 Å². The van der Waals surface area contributed by atoms with Crippen molar-refractivity contribution in [2.75, 3.05) is 6.61 Å². The van der Waals surface area contributed by atoms with Gasteiger partial charge < -0.3 is 15.2 Å². The highest BCUT2D eigenvalue weighted by molar-refractivity contribution is 5.82. The third kappa shape index (κ3) is 4.61. The van der Waals surface area contributed by atoms with E-state index in [-0.39, 0.29) is 18.6 Å². The maximum atomic E-state index is 10.8. The minimum atomic E-state index is -1.05. The topological polar surface area (TPSA) is 75.6 Å². The Bertz CT molecular complexity index is 248. The maximum Gasteiger partial charge on any atom is 0.328 e. The van der Waals surface area contributed by atoms with E-state index in [1.165, 1.54) is 13.3 Å². The first kappa shape index (κ1) is 13.0. The van der Waals surface area contributed by atoms with E-state index in [0.717, 1.165) is 25.7 Å². The predicted molar refractivity (Wildman–Crippen MR) is 58.1 cm³/mol. The molecule has 0 aromatic rings. The second kappa shape index (κ2) is 6.48. The van der Waals surface area contributed by atoms with Gasteiger partial charge in [0.25, 0.3) is 0 Å². The largest absolute Gasteiger partial charge is 0.480 e. The van der Waals surface area contributed by atoms with Crippen LogP contribution in [0.5, 0.6) is 0 Å². The van der Waals surface area contributed by atoms with Crippen molar-refractivity contribution in [1.29, 1.82) is 0 Å². The van der Waals surface area contributed by atoms with Gasteiger partial charge in [-0.2, -0.15) is 0 Å². The molecule has 0 heterocycles. The SMILES string of the molecule is CC(=O)N[C@@H](COC1CCCCC1)C(=O)O. The maximum absolute atomic E-state index is 10.8. The number of hydrogen-bond acceptors (Lipinski definition) is 3. The number of aliphatic carboxylic acids is 1. The third-order valence-corrected chi connectivity index (χ3v) is 2.73. The molecule has 5 nitrogen and oxygen atoms in total. The number of rotatable bonds is 5. The first-order valence-corrected chi connectivity index (χ1v) is 5.71. The van der Waals surface area contributed by atoms with Crippen LogP contribution < -0.4 is 5.32 Å². The van der Waals surface area contributed by atoms with Gasteiger partial charge in [-0.25, -0.2) is 4.79 Å². The lowest BCUT2D eigenvalue weighted by atomic mass is 9.98. The van der Waals surface area contributed by atoms with E-state index in [4.69, 9.17) is 9.84 Å². The van der Waals surface area contributed by atoms with E-state index < -0.39 is 12.0 Å². The van der Waals surface area contributed by atoms with E-state index in [1.807, 2.05) is 0 Å². The molecule has 2 N–H and O–H groups in total. The molecule has 1 aliphatic carbocycles. The molecule has 1 amide bonds. The average Bonchev–Trinajstić information content (AvgIpc) is 2.25. The standard InChI is InChI=1S/C11H19NO4/c1-8(13)12-10(11(14)15)7-16-9-5-3-2-4-6-9/h9-10H,2-7H2,1H3,(H,12,13)(H,14,15)/t10-/m0/s1. The second-order valence-electron chi connectivity index (χ2n) is 4.18. The number of amides is 1. The number of carboxylic acids is 1. The summed E-state index contributed by atoms with van der Waals surface area (Å²) in [6.45, 7) is 1.36. The lowest BCUT2D eigenvalue weighted by Gasteiger charge is -2.23. The van der Waals surface area contributed by atoms with Crippen LogP contribution in [0.15, 0.2) is 0 Å². The lowest BCUT2D eigenvalue weighted by molar-refractivity contribution is -0.144. The summed E-state index contributed by atoms with van der Waals surface area (Å²) in [7, 11) is 0. The Labute approximate surface area is 95.2 Å². The van der Waals surface area contributed by atoms with Crippen LogP contribution in [0.2, 0.25) is 0 Å². The van der Waals surface area contributed by atoms with Crippen molar-refractivity contribution < 1.29 is 19.4 Å². The summed E-state index contributed by atoms with van der Waals surface area (Å²) in [6.07, 6.45) is 5.65. The Morgan fingerprint density at radius 2 is 2.00 bits per heavy atom. The van der Waals surface area contributed by atoms with Gasteiger partial charge in [-0.15, -0.1) is 0 Å². The van der Waals surface area contributed by atoms with Crippen LogP contribution in [0, 0.1) is 0 Å². The Morgan fingerprint density at radius 3 is 2.50 bits per heavy atom. The van der Waals surface area contributed by atoms with E-state index in [2.05, 4.69) is 5.32 Å². The minimum absolute atomic E-state index is 0.0551. The fourth-order valence-corrected chi connectivity index (χ4v) is 1.88.